The number of aliphatic carboxylic acids is 1. The Balaban J connectivity index is 2.78. The molecule has 1 heterocycles. The number of hydrogen-bond acceptors (Lipinski definition) is 7. The van der Waals surface area contributed by atoms with Crippen molar-refractivity contribution >= 4 is 17.7 Å². The van der Waals surface area contributed by atoms with Gasteiger partial charge in [0.2, 0.25) is 11.5 Å². The van der Waals surface area contributed by atoms with E-state index in [0.717, 1.165) is 4.90 Å². The molecule has 17 heavy (non-hydrogen) atoms. The molecule has 9 heteroatoms. The Labute approximate surface area is 96.1 Å². The minimum atomic E-state index is -1.15. The number of carbonyl (C=O) groups excluding carboxylic acids is 1. The van der Waals surface area contributed by atoms with E-state index < -0.39 is 18.4 Å². The number of nitrogens with zero attached hydrogens (tertiary/aromatic N) is 3. The summed E-state index contributed by atoms with van der Waals surface area (Å²) in [6, 6.07) is 0. The number of aromatic nitrogens is 2. The van der Waals surface area contributed by atoms with Gasteiger partial charge in [-0.1, -0.05) is 0 Å². The van der Waals surface area contributed by atoms with Crippen molar-refractivity contribution in [2.75, 3.05) is 32.5 Å². The Bertz CT molecular complexity index is 404. The van der Waals surface area contributed by atoms with Gasteiger partial charge in [0.05, 0.1) is 6.61 Å². The second-order valence-corrected chi connectivity index (χ2v) is 3.11. The van der Waals surface area contributed by atoms with E-state index in [4.69, 9.17) is 15.6 Å². The zero-order valence-electron chi connectivity index (χ0n) is 9.12. The molecule has 9 nitrogen and oxygen atoms in total. The van der Waals surface area contributed by atoms with Crippen molar-refractivity contribution in [1.82, 2.24) is 15.2 Å². The van der Waals surface area contributed by atoms with Gasteiger partial charge >= 0.3 is 5.97 Å². The zero-order chi connectivity index (χ0) is 12.8. The summed E-state index contributed by atoms with van der Waals surface area (Å²) in [6.45, 7) is -0.174. The molecular weight excluding hydrogens is 232 g/mol. The average molecular weight is 244 g/mol. The van der Waals surface area contributed by atoms with E-state index in [1.165, 1.54) is 7.11 Å². The highest BCUT2D eigenvalue weighted by atomic mass is 16.6. The van der Waals surface area contributed by atoms with Crippen molar-refractivity contribution < 1.29 is 24.1 Å². The lowest BCUT2D eigenvalue weighted by Gasteiger charge is -2.18. The summed E-state index contributed by atoms with van der Waals surface area (Å²) in [5, 5.41) is 15.2. The molecule has 1 aromatic rings. The van der Waals surface area contributed by atoms with Gasteiger partial charge in [0.25, 0.3) is 5.91 Å². The molecule has 0 saturated heterocycles. The molecule has 0 atom stereocenters. The van der Waals surface area contributed by atoms with Crippen LogP contribution in [0.1, 0.15) is 10.5 Å². The first-order valence-electron chi connectivity index (χ1n) is 4.64. The Morgan fingerprint density at radius 1 is 1.53 bits per heavy atom. The molecule has 1 rings (SSSR count). The van der Waals surface area contributed by atoms with Crippen LogP contribution in [-0.4, -0.2) is 59.0 Å². The molecule has 0 fully saturated rings. The molecule has 0 aromatic carbocycles. The van der Waals surface area contributed by atoms with Crippen LogP contribution in [0.2, 0.25) is 0 Å². The van der Waals surface area contributed by atoms with Crippen molar-refractivity contribution in [3.8, 4) is 0 Å². The van der Waals surface area contributed by atoms with Crippen LogP contribution in [0, 0.1) is 0 Å². The number of ether oxygens (including phenoxy) is 1. The fourth-order valence-electron chi connectivity index (χ4n) is 1.11. The second kappa shape index (κ2) is 5.80. The number of nitrogen functional groups attached to an aromatic ring is 1. The molecule has 0 bridgehead atoms. The van der Waals surface area contributed by atoms with Crippen molar-refractivity contribution in [3.05, 3.63) is 5.69 Å². The SMILES string of the molecule is COCCN(CC(=O)O)C(=O)c1nonc1N. The first-order chi connectivity index (χ1) is 8.06. The van der Waals surface area contributed by atoms with Crippen molar-refractivity contribution in [2.45, 2.75) is 0 Å². The number of anilines is 1. The Morgan fingerprint density at radius 3 is 2.71 bits per heavy atom. The maximum absolute atomic E-state index is 11.8. The number of nitrogens with two attached hydrogens (primary N) is 1. The molecular formula is C8H12N4O5. The molecule has 0 aliphatic heterocycles. The van der Waals surface area contributed by atoms with E-state index in [0.29, 0.717) is 0 Å². The smallest absolute Gasteiger partial charge is 0.323 e. The van der Waals surface area contributed by atoms with E-state index in [1.54, 1.807) is 0 Å². The Morgan fingerprint density at radius 2 is 2.24 bits per heavy atom. The topological polar surface area (TPSA) is 132 Å². The number of methoxy groups -OCH3 is 1. The molecule has 0 spiro atoms. The van der Waals surface area contributed by atoms with E-state index in [1.807, 2.05) is 0 Å². The number of carboxylic acids is 1. The van der Waals surface area contributed by atoms with Crippen LogP contribution in [-0.2, 0) is 9.53 Å². The van der Waals surface area contributed by atoms with Crippen molar-refractivity contribution in [2.24, 2.45) is 0 Å². The molecule has 0 saturated carbocycles. The van der Waals surface area contributed by atoms with Crippen LogP contribution in [0.5, 0.6) is 0 Å². The molecule has 3 N–H and O–H groups in total. The zero-order valence-corrected chi connectivity index (χ0v) is 9.12. The van der Waals surface area contributed by atoms with Crippen LogP contribution in [0.4, 0.5) is 5.82 Å². The number of carbonyl (C=O) groups is 2. The molecule has 1 amide bonds. The minimum absolute atomic E-state index is 0.105. The molecule has 0 radical (unpaired) electrons. The quantitative estimate of drug-likeness (QED) is 0.639. The summed E-state index contributed by atoms with van der Waals surface area (Å²) >= 11 is 0. The summed E-state index contributed by atoms with van der Waals surface area (Å²) in [5.74, 6) is -1.99. The maximum Gasteiger partial charge on any atom is 0.323 e. The van der Waals surface area contributed by atoms with E-state index in [2.05, 4.69) is 14.9 Å². The first-order valence-corrected chi connectivity index (χ1v) is 4.64. The van der Waals surface area contributed by atoms with Gasteiger partial charge in [-0.15, -0.1) is 0 Å². The summed E-state index contributed by atoms with van der Waals surface area (Å²) in [5.41, 5.74) is 5.14. The number of carboxylic acid groups (broad SMARTS) is 1. The fourth-order valence-corrected chi connectivity index (χ4v) is 1.11. The summed E-state index contributed by atoms with van der Waals surface area (Å²) in [4.78, 5) is 23.5. The van der Waals surface area contributed by atoms with Gasteiger partial charge in [0, 0.05) is 13.7 Å². The third-order valence-electron chi connectivity index (χ3n) is 1.90. The molecule has 1 aromatic heterocycles. The van der Waals surface area contributed by atoms with E-state index in [9.17, 15) is 9.59 Å². The van der Waals surface area contributed by atoms with Gasteiger partial charge in [-0.25, -0.2) is 4.63 Å². The van der Waals surface area contributed by atoms with Gasteiger partial charge < -0.3 is 20.5 Å². The van der Waals surface area contributed by atoms with Crippen molar-refractivity contribution in [3.63, 3.8) is 0 Å². The lowest BCUT2D eigenvalue weighted by molar-refractivity contribution is -0.137. The molecule has 0 unspecified atom stereocenters. The lowest BCUT2D eigenvalue weighted by atomic mass is 10.3. The van der Waals surface area contributed by atoms with Crippen molar-refractivity contribution in [1.29, 1.82) is 0 Å². The van der Waals surface area contributed by atoms with Gasteiger partial charge in [0.15, 0.2) is 0 Å². The number of hydrogen-bond donors (Lipinski definition) is 2. The van der Waals surface area contributed by atoms with Gasteiger partial charge in [-0.3, -0.25) is 9.59 Å². The highest BCUT2D eigenvalue weighted by molar-refractivity contribution is 5.97. The number of rotatable bonds is 6. The van der Waals surface area contributed by atoms with E-state index >= 15 is 0 Å². The van der Waals surface area contributed by atoms with Crippen LogP contribution in [0.3, 0.4) is 0 Å². The highest BCUT2D eigenvalue weighted by Crippen LogP contribution is 2.08. The Hall–Kier alpha value is -2.16. The molecule has 0 aliphatic rings. The lowest BCUT2D eigenvalue weighted by Crippen LogP contribution is -2.38. The van der Waals surface area contributed by atoms with E-state index in [-0.39, 0.29) is 24.7 Å². The monoisotopic (exact) mass is 244 g/mol. The summed E-state index contributed by atoms with van der Waals surface area (Å²) in [7, 11) is 1.44. The highest BCUT2D eigenvalue weighted by Gasteiger charge is 2.24. The van der Waals surface area contributed by atoms with Gasteiger partial charge in [0.1, 0.15) is 6.54 Å². The Kier molecular flexibility index (Phi) is 4.40. The number of amides is 1. The summed E-state index contributed by atoms with van der Waals surface area (Å²) < 4.78 is 9.05. The second-order valence-electron chi connectivity index (χ2n) is 3.11. The van der Waals surface area contributed by atoms with Crippen LogP contribution in [0.15, 0.2) is 4.63 Å². The van der Waals surface area contributed by atoms with Crippen LogP contribution >= 0.6 is 0 Å². The average Bonchev–Trinajstić information content (AvgIpc) is 2.69. The van der Waals surface area contributed by atoms with Gasteiger partial charge in [-0.05, 0) is 10.3 Å². The molecule has 94 valence electrons. The minimum Gasteiger partial charge on any atom is -0.480 e. The fraction of sp³-hybridized carbons (Fsp3) is 0.500. The third kappa shape index (κ3) is 3.41. The molecule has 0 aliphatic carbocycles. The largest absolute Gasteiger partial charge is 0.480 e. The third-order valence-corrected chi connectivity index (χ3v) is 1.90. The van der Waals surface area contributed by atoms with Crippen LogP contribution < -0.4 is 5.73 Å². The van der Waals surface area contributed by atoms with Gasteiger partial charge in [-0.2, -0.15) is 0 Å². The standard InChI is InChI=1S/C8H12N4O5/c1-16-3-2-12(4-5(13)14)8(15)6-7(9)11-17-10-6/h2-4H2,1H3,(H2,9,11)(H,13,14). The van der Waals surface area contributed by atoms with Crippen LogP contribution in [0.25, 0.3) is 0 Å². The normalized spacial score (nSPS) is 10.2. The first kappa shape index (κ1) is 12.9. The summed E-state index contributed by atoms with van der Waals surface area (Å²) in [6.07, 6.45) is 0. The maximum atomic E-state index is 11.8. The predicted octanol–water partition coefficient (Wildman–Crippen LogP) is -1.17. The predicted molar refractivity (Wildman–Crippen MR) is 54.1 cm³/mol.